The van der Waals surface area contributed by atoms with Crippen LogP contribution in [0.15, 0.2) is 30.6 Å². The number of nitrogens with two attached hydrogens (primary N) is 1. The van der Waals surface area contributed by atoms with E-state index in [1.54, 1.807) is 31.2 Å². The van der Waals surface area contributed by atoms with E-state index in [2.05, 4.69) is 32.1 Å². The molecule has 1 aromatic carbocycles. The Balaban J connectivity index is 1.66. The number of hydrogen-bond donors (Lipinski definition) is 4. The Hall–Kier alpha value is -3.85. The number of carbonyl (C=O) groups excluding carboxylic acids is 2. The zero-order valence-electron chi connectivity index (χ0n) is 17.9. The Labute approximate surface area is 188 Å². The quantitative estimate of drug-likeness (QED) is 0.310. The number of benzene rings is 1. The Morgan fingerprint density at radius 3 is 2.58 bits per heavy atom. The van der Waals surface area contributed by atoms with Crippen LogP contribution in [0.4, 0.5) is 5.82 Å². The molecule has 1 saturated heterocycles. The highest BCUT2D eigenvalue weighted by molar-refractivity contribution is 5.94. The maximum atomic E-state index is 12.2. The van der Waals surface area contributed by atoms with Crippen molar-refractivity contribution in [2.24, 2.45) is 0 Å². The molecule has 5 N–H and O–H groups in total. The molecule has 1 fully saturated rings. The highest BCUT2D eigenvalue weighted by Gasteiger charge is 2.47. The number of nitrogens with one attached hydrogen (secondary N) is 1. The van der Waals surface area contributed by atoms with Crippen molar-refractivity contribution in [1.82, 2.24) is 24.8 Å². The van der Waals surface area contributed by atoms with Crippen LogP contribution in [-0.4, -0.2) is 66.3 Å². The molecule has 4 atom stereocenters. The van der Waals surface area contributed by atoms with Crippen LogP contribution in [-0.2, 0) is 9.53 Å². The van der Waals surface area contributed by atoms with Gasteiger partial charge in [-0.1, -0.05) is 18.1 Å². The average Bonchev–Trinajstić information content (AvgIpc) is 3.34. The molecule has 33 heavy (non-hydrogen) atoms. The summed E-state index contributed by atoms with van der Waals surface area (Å²) in [6, 6.07) is 6.77. The van der Waals surface area contributed by atoms with Crippen molar-refractivity contribution < 1.29 is 24.5 Å². The number of rotatable bonds is 4. The van der Waals surface area contributed by atoms with Crippen LogP contribution in [0.1, 0.15) is 41.8 Å². The number of nitrogen functional groups attached to an aromatic ring is 1. The van der Waals surface area contributed by atoms with Crippen molar-refractivity contribution in [1.29, 1.82) is 0 Å². The van der Waals surface area contributed by atoms with E-state index in [4.69, 9.17) is 10.5 Å². The van der Waals surface area contributed by atoms with Gasteiger partial charge in [-0.2, -0.15) is 0 Å². The smallest absolute Gasteiger partial charge is 0.252 e. The Morgan fingerprint density at radius 2 is 1.91 bits per heavy atom. The number of ether oxygens (including phenoxy) is 1. The minimum Gasteiger partial charge on any atom is -0.387 e. The Morgan fingerprint density at radius 1 is 1.18 bits per heavy atom. The fourth-order valence-corrected chi connectivity index (χ4v) is 3.48. The molecular formula is C22H22N6O5. The highest BCUT2D eigenvalue weighted by atomic mass is 16.6. The number of imidazole rings is 1. The van der Waals surface area contributed by atoms with E-state index < -0.39 is 30.4 Å². The molecule has 4 rings (SSSR count). The lowest BCUT2D eigenvalue weighted by Crippen LogP contribution is -2.42. The second-order valence-corrected chi connectivity index (χ2v) is 7.46. The zero-order valence-corrected chi connectivity index (χ0v) is 17.9. The van der Waals surface area contributed by atoms with E-state index >= 15 is 0 Å². The summed E-state index contributed by atoms with van der Waals surface area (Å²) in [5, 5.41) is 23.4. The molecule has 170 valence electrons. The maximum Gasteiger partial charge on any atom is 0.252 e. The SMILES string of the molecule is CCNC(=O)[C@H]1O[C@@H](n2cnc3c(N)nc(C#Cc4ccc(C(C)=O)cc4)nc32)[C@H](O)[C@@H]1O. The molecule has 1 aliphatic rings. The third-order valence-electron chi connectivity index (χ3n) is 5.18. The average molecular weight is 450 g/mol. The van der Waals surface area contributed by atoms with Crippen molar-refractivity contribution in [2.75, 3.05) is 12.3 Å². The molecule has 0 unspecified atom stereocenters. The number of ketones is 1. The van der Waals surface area contributed by atoms with E-state index in [1.165, 1.54) is 17.8 Å². The summed E-state index contributed by atoms with van der Waals surface area (Å²) in [6.07, 6.45) is -3.87. The number of amides is 1. The van der Waals surface area contributed by atoms with Crippen LogP contribution in [0, 0.1) is 11.8 Å². The van der Waals surface area contributed by atoms with E-state index in [0.717, 1.165) is 0 Å². The fourth-order valence-electron chi connectivity index (χ4n) is 3.48. The van der Waals surface area contributed by atoms with Crippen molar-refractivity contribution in [3.05, 3.63) is 47.5 Å². The molecule has 11 heteroatoms. The van der Waals surface area contributed by atoms with Gasteiger partial charge in [-0.25, -0.2) is 15.0 Å². The summed E-state index contributed by atoms with van der Waals surface area (Å²) in [6.45, 7) is 3.57. The van der Waals surface area contributed by atoms with Crippen molar-refractivity contribution in [3.63, 3.8) is 0 Å². The van der Waals surface area contributed by atoms with Crippen LogP contribution in [0.25, 0.3) is 11.2 Å². The normalized spacial score (nSPS) is 22.1. The molecule has 0 radical (unpaired) electrons. The van der Waals surface area contributed by atoms with Gasteiger partial charge in [0.2, 0.25) is 5.82 Å². The largest absolute Gasteiger partial charge is 0.387 e. The number of fused-ring (bicyclic) bond motifs is 1. The topological polar surface area (TPSA) is 165 Å². The maximum absolute atomic E-state index is 12.2. The van der Waals surface area contributed by atoms with E-state index in [0.29, 0.717) is 17.7 Å². The van der Waals surface area contributed by atoms with Gasteiger partial charge in [-0.05, 0) is 31.9 Å². The highest BCUT2D eigenvalue weighted by Crippen LogP contribution is 2.32. The summed E-state index contributed by atoms with van der Waals surface area (Å²) in [5.41, 5.74) is 7.74. The van der Waals surface area contributed by atoms with Gasteiger partial charge >= 0.3 is 0 Å². The van der Waals surface area contributed by atoms with Crippen LogP contribution in [0.5, 0.6) is 0 Å². The Bertz CT molecular complexity index is 1280. The molecule has 2 aromatic heterocycles. The number of likely N-dealkylation sites (N-methyl/N-ethyl adjacent to an activating group) is 1. The number of nitrogens with zero attached hydrogens (tertiary/aromatic N) is 4. The summed E-state index contributed by atoms with van der Waals surface area (Å²) in [7, 11) is 0. The van der Waals surface area contributed by atoms with Crippen molar-refractivity contribution in [3.8, 4) is 11.8 Å². The second-order valence-electron chi connectivity index (χ2n) is 7.46. The van der Waals surface area contributed by atoms with Gasteiger partial charge in [0.1, 0.15) is 17.7 Å². The van der Waals surface area contributed by atoms with Gasteiger partial charge in [-0.3, -0.25) is 14.2 Å². The Kier molecular flexibility index (Phi) is 6.06. The summed E-state index contributed by atoms with van der Waals surface area (Å²) >= 11 is 0. The molecule has 0 saturated carbocycles. The van der Waals surface area contributed by atoms with Crippen molar-refractivity contribution in [2.45, 2.75) is 38.4 Å². The third-order valence-corrected chi connectivity index (χ3v) is 5.18. The van der Waals surface area contributed by atoms with Gasteiger partial charge < -0.3 is 26.0 Å². The number of aliphatic hydroxyl groups is 2. The minimum atomic E-state index is -1.43. The molecule has 0 bridgehead atoms. The predicted molar refractivity (Wildman–Crippen MR) is 117 cm³/mol. The molecule has 3 aromatic rings. The van der Waals surface area contributed by atoms with Crippen LogP contribution >= 0.6 is 0 Å². The predicted octanol–water partition coefficient (Wildman–Crippen LogP) is -0.234. The van der Waals surface area contributed by atoms with Crippen LogP contribution < -0.4 is 11.1 Å². The zero-order chi connectivity index (χ0) is 23.7. The van der Waals surface area contributed by atoms with Crippen LogP contribution in [0.3, 0.4) is 0 Å². The van der Waals surface area contributed by atoms with E-state index in [9.17, 15) is 19.8 Å². The van der Waals surface area contributed by atoms with Crippen LogP contribution in [0.2, 0.25) is 0 Å². The molecule has 11 nitrogen and oxygen atoms in total. The minimum absolute atomic E-state index is 0.0415. The number of Topliss-reactive ketones (excluding diaryl/α,β-unsaturated/α-hetero) is 1. The molecular weight excluding hydrogens is 428 g/mol. The van der Waals surface area contributed by atoms with E-state index in [1.807, 2.05) is 0 Å². The number of hydrogen-bond acceptors (Lipinski definition) is 9. The number of aromatic nitrogens is 4. The van der Waals surface area contributed by atoms with Gasteiger partial charge in [0, 0.05) is 17.7 Å². The summed E-state index contributed by atoms with van der Waals surface area (Å²) < 4.78 is 7.02. The molecule has 0 spiro atoms. The number of aliphatic hydroxyl groups excluding tert-OH is 2. The molecule has 1 aliphatic heterocycles. The monoisotopic (exact) mass is 450 g/mol. The van der Waals surface area contributed by atoms with E-state index in [-0.39, 0.29) is 28.6 Å². The first kappa shape index (κ1) is 22.3. The first-order valence-corrected chi connectivity index (χ1v) is 10.2. The molecule has 0 aliphatic carbocycles. The van der Waals surface area contributed by atoms with Crippen molar-refractivity contribution >= 4 is 28.7 Å². The standard InChI is InChI=1S/C22H22N6O5/c1-3-24-21(32)18-16(30)17(31)22(33-18)28-10-25-15-19(23)26-14(27-20(15)28)9-6-12-4-7-13(8-5-12)11(2)29/h4-5,7-8,10,16-18,22,30-31H,3H2,1-2H3,(H,24,32)(H2,23,26,27)/t16-,17+,18-,22+/m0/s1. The summed E-state index contributed by atoms with van der Waals surface area (Å²) in [4.78, 5) is 36.3. The third kappa shape index (κ3) is 4.27. The van der Waals surface area contributed by atoms with Gasteiger partial charge in [0.15, 0.2) is 29.6 Å². The first-order valence-electron chi connectivity index (χ1n) is 10.2. The van der Waals surface area contributed by atoms with Gasteiger partial charge in [0.25, 0.3) is 5.91 Å². The lowest BCUT2D eigenvalue weighted by Gasteiger charge is -2.16. The summed E-state index contributed by atoms with van der Waals surface area (Å²) in [5.74, 6) is 5.32. The van der Waals surface area contributed by atoms with Gasteiger partial charge in [-0.15, -0.1) is 0 Å². The number of carbonyl (C=O) groups is 2. The first-order chi connectivity index (χ1) is 15.8. The number of anilines is 1. The lowest BCUT2D eigenvalue weighted by atomic mass is 10.1. The molecule has 3 heterocycles. The lowest BCUT2D eigenvalue weighted by molar-refractivity contribution is -0.137. The fraction of sp³-hybridized carbons (Fsp3) is 0.318. The second kappa shape index (κ2) is 8.95. The van der Waals surface area contributed by atoms with Gasteiger partial charge in [0.05, 0.1) is 6.33 Å². The molecule has 1 amide bonds.